The van der Waals surface area contributed by atoms with Crippen molar-refractivity contribution in [3.8, 4) is 5.75 Å². The van der Waals surface area contributed by atoms with Crippen LogP contribution in [0.15, 0.2) is 47.6 Å². The van der Waals surface area contributed by atoms with Crippen molar-refractivity contribution in [1.29, 1.82) is 0 Å². The highest BCUT2D eigenvalue weighted by Crippen LogP contribution is 2.24. The lowest BCUT2D eigenvalue weighted by molar-refractivity contribution is -0.113. The number of nitrogens with one attached hydrogen (secondary N) is 1. The minimum absolute atomic E-state index is 0.0688. The van der Waals surface area contributed by atoms with Gasteiger partial charge in [0.1, 0.15) is 12.4 Å². The summed E-state index contributed by atoms with van der Waals surface area (Å²) >= 11 is 1.38. The lowest BCUT2D eigenvalue weighted by Gasteiger charge is -2.15. The molecule has 3 aromatic rings. The van der Waals surface area contributed by atoms with Crippen molar-refractivity contribution in [2.75, 3.05) is 11.1 Å². The number of ether oxygens (including phenoxy) is 1. The molecule has 0 saturated heterocycles. The highest BCUT2D eigenvalue weighted by Gasteiger charge is 2.17. The number of anilines is 1. The molecule has 3 rings (SSSR count). The Morgan fingerprint density at radius 1 is 1.10 bits per heavy atom. The summed E-state index contributed by atoms with van der Waals surface area (Å²) in [5.74, 6) is 1.77. The summed E-state index contributed by atoms with van der Waals surface area (Å²) < 4.78 is 8.01. The highest BCUT2D eigenvalue weighted by atomic mass is 32.2. The third kappa shape index (κ3) is 5.42. The van der Waals surface area contributed by atoms with Gasteiger partial charge in [0.05, 0.1) is 5.75 Å². The van der Waals surface area contributed by atoms with Gasteiger partial charge in [0.15, 0.2) is 11.0 Å². The third-order valence-electron chi connectivity index (χ3n) is 4.69. The number of carbonyl (C=O) groups excluding carboxylic acids is 1. The van der Waals surface area contributed by atoms with Gasteiger partial charge < -0.3 is 14.6 Å². The molecule has 1 amide bonds. The van der Waals surface area contributed by atoms with Crippen molar-refractivity contribution in [2.24, 2.45) is 0 Å². The number of amides is 1. The molecule has 0 aliphatic carbocycles. The average molecular weight is 425 g/mol. The van der Waals surface area contributed by atoms with E-state index in [4.69, 9.17) is 4.74 Å². The van der Waals surface area contributed by atoms with E-state index in [2.05, 4.69) is 42.4 Å². The topological polar surface area (TPSA) is 69.0 Å². The van der Waals surface area contributed by atoms with Crippen molar-refractivity contribution in [2.45, 2.75) is 52.4 Å². The number of hydrogen-bond donors (Lipinski definition) is 1. The van der Waals surface area contributed by atoms with Crippen LogP contribution in [0, 0.1) is 20.8 Å². The Labute approximate surface area is 182 Å². The summed E-state index contributed by atoms with van der Waals surface area (Å²) in [5.41, 5.74) is 4.16. The number of thioether (sulfide) groups is 1. The molecule has 0 saturated carbocycles. The molecule has 0 spiro atoms. The van der Waals surface area contributed by atoms with Crippen molar-refractivity contribution < 1.29 is 9.53 Å². The van der Waals surface area contributed by atoms with Gasteiger partial charge in [-0.25, -0.2) is 0 Å². The van der Waals surface area contributed by atoms with Gasteiger partial charge in [-0.1, -0.05) is 47.7 Å². The molecule has 1 N–H and O–H groups in total. The number of benzene rings is 2. The van der Waals surface area contributed by atoms with E-state index >= 15 is 0 Å². The van der Waals surface area contributed by atoms with Crippen LogP contribution in [0.4, 0.5) is 5.69 Å². The normalized spacial score (nSPS) is 11.0. The van der Waals surface area contributed by atoms with Gasteiger partial charge in [-0.15, -0.1) is 10.2 Å². The minimum atomic E-state index is -0.0688. The van der Waals surface area contributed by atoms with Gasteiger partial charge in [0.25, 0.3) is 0 Å². The van der Waals surface area contributed by atoms with Gasteiger partial charge in [-0.05, 0) is 57.9 Å². The van der Waals surface area contributed by atoms with E-state index in [1.807, 2.05) is 54.8 Å². The average Bonchev–Trinajstić information content (AvgIpc) is 3.11. The summed E-state index contributed by atoms with van der Waals surface area (Å²) in [6, 6.07) is 14.0. The van der Waals surface area contributed by atoms with Crippen molar-refractivity contribution >= 4 is 23.4 Å². The number of aromatic nitrogens is 3. The van der Waals surface area contributed by atoms with Gasteiger partial charge in [-0.2, -0.15) is 0 Å². The molecule has 0 unspecified atom stereocenters. The van der Waals surface area contributed by atoms with Crippen LogP contribution >= 0.6 is 11.8 Å². The van der Waals surface area contributed by atoms with E-state index in [0.717, 1.165) is 28.4 Å². The largest absolute Gasteiger partial charge is 0.485 e. The first-order chi connectivity index (χ1) is 14.3. The van der Waals surface area contributed by atoms with Crippen molar-refractivity contribution in [1.82, 2.24) is 14.8 Å². The number of hydrogen-bond acceptors (Lipinski definition) is 5. The molecule has 1 aromatic heterocycles. The maximum Gasteiger partial charge on any atom is 0.234 e. The predicted octanol–water partition coefficient (Wildman–Crippen LogP) is 5.09. The molecule has 0 aliphatic rings. The molecule has 1 heterocycles. The Kier molecular flexibility index (Phi) is 7.15. The van der Waals surface area contributed by atoms with Crippen LogP contribution in [0.25, 0.3) is 0 Å². The summed E-state index contributed by atoms with van der Waals surface area (Å²) in [4.78, 5) is 12.4. The fraction of sp³-hybridized carbons (Fsp3) is 0.348. The van der Waals surface area contributed by atoms with E-state index in [-0.39, 0.29) is 17.7 Å². The molecule has 0 atom stereocenters. The fourth-order valence-corrected chi connectivity index (χ4v) is 4.04. The molecule has 6 nitrogen and oxygen atoms in total. The Morgan fingerprint density at radius 3 is 2.57 bits per heavy atom. The Hall–Kier alpha value is -2.80. The van der Waals surface area contributed by atoms with Crippen LogP contribution in [-0.4, -0.2) is 26.4 Å². The summed E-state index contributed by atoms with van der Waals surface area (Å²) in [7, 11) is 0. The van der Waals surface area contributed by atoms with E-state index in [1.165, 1.54) is 17.3 Å². The van der Waals surface area contributed by atoms with E-state index in [9.17, 15) is 4.79 Å². The number of para-hydroxylation sites is 1. The zero-order valence-corrected chi connectivity index (χ0v) is 18.9. The first kappa shape index (κ1) is 21.9. The van der Waals surface area contributed by atoms with Crippen LogP contribution in [0.1, 0.15) is 42.4 Å². The maximum absolute atomic E-state index is 12.4. The lowest BCUT2D eigenvalue weighted by atomic mass is 10.1. The molecule has 7 heteroatoms. The molecule has 30 heavy (non-hydrogen) atoms. The zero-order chi connectivity index (χ0) is 21.7. The van der Waals surface area contributed by atoms with E-state index < -0.39 is 0 Å². The second-order valence-electron chi connectivity index (χ2n) is 7.57. The number of nitrogens with zero attached hydrogens (tertiary/aromatic N) is 3. The zero-order valence-electron chi connectivity index (χ0n) is 18.1. The molecular weight excluding hydrogens is 396 g/mol. The first-order valence-electron chi connectivity index (χ1n) is 9.97. The number of rotatable bonds is 8. The Balaban J connectivity index is 1.65. The fourth-order valence-electron chi connectivity index (χ4n) is 3.16. The summed E-state index contributed by atoms with van der Waals surface area (Å²) in [6.45, 7) is 10.5. The number of aryl methyl sites for hydroxylation is 3. The van der Waals surface area contributed by atoms with Crippen molar-refractivity contribution in [3.63, 3.8) is 0 Å². The van der Waals surface area contributed by atoms with E-state index in [0.29, 0.717) is 11.8 Å². The molecule has 2 aromatic carbocycles. The van der Waals surface area contributed by atoms with Crippen LogP contribution in [0.3, 0.4) is 0 Å². The quantitative estimate of drug-likeness (QED) is 0.510. The first-order valence-corrected chi connectivity index (χ1v) is 11.0. The molecular formula is C23H28N4O2S. The standard InChI is InChI=1S/C23H28N4O2S/c1-15(2)27-21(13-29-20-11-10-16(3)12-18(20)5)25-26-23(27)30-14-22(28)24-19-9-7-6-8-17(19)4/h6-12,15H,13-14H2,1-5H3,(H,24,28). The second-order valence-corrected chi connectivity index (χ2v) is 8.51. The van der Waals surface area contributed by atoms with Crippen LogP contribution in [-0.2, 0) is 11.4 Å². The highest BCUT2D eigenvalue weighted by molar-refractivity contribution is 7.99. The van der Waals surface area contributed by atoms with Gasteiger partial charge in [-0.3, -0.25) is 4.79 Å². The second kappa shape index (κ2) is 9.80. The summed E-state index contributed by atoms with van der Waals surface area (Å²) in [6.07, 6.45) is 0. The molecule has 0 bridgehead atoms. The lowest BCUT2D eigenvalue weighted by Crippen LogP contribution is -2.16. The number of carbonyl (C=O) groups is 1. The van der Waals surface area contributed by atoms with Crippen LogP contribution < -0.4 is 10.1 Å². The van der Waals surface area contributed by atoms with Gasteiger partial charge in [0.2, 0.25) is 5.91 Å². The van der Waals surface area contributed by atoms with Crippen LogP contribution in [0.5, 0.6) is 5.75 Å². The maximum atomic E-state index is 12.4. The van der Waals surface area contributed by atoms with Crippen LogP contribution in [0.2, 0.25) is 0 Å². The van der Waals surface area contributed by atoms with Crippen molar-refractivity contribution in [3.05, 3.63) is 65.0 Å². The molecule has 0 fully saturated rings. The van der Waals surface area contributed by atoms with Gasteiger partial charge >= 0.3 is 0 Å². The Bertz CT molecular complexity index is 1030. The SMILES string of the molecule is Cc1ccc(OCc2nnc(SCC(=O)Nc3ccccc3C)n2C(C)C)c(C)c1. The Morgan fingerprint density at radius 2 is 1.87 bits per heavy atom. The van der Waals surface area contributed by atoms with Gasteiger partial charge in [0, 0.05) is 11.7 Å². The predicted molar refractivity (Wildman–Crippen MR) is 121 cm³/mol. The van der Waals surface area contributed by atoms with E-state index in [1.54, 1.807) is 0 Å². The molecule has 0 radical (unpaired) electrons. The monoisotopic (exact) mass is 424 g/mol. The summed E-state index contributed by atoms with van der Waals surface area (Å²) in [5, 5.41) is 12.3. The smallest absolute Gasteiger partial charge is 0.234 e. The molecule has 158 valence electrons. The molecule has 0 aliphatic heterocycles. The minimum Gasteiger partial charge on any atom is -0.485 e. The third-order valence-corrected chi connectivity index (χ3v) is 5.63.